The second-order valence-corrected chi connectivity index (χ2v) is 3.51. The molecule has 1 aliphatic heterocycles. The maximum atomic E-state index is 5.24. The predicted molar refractivity (Wildman–Crippen MR) is 52.4 cm³/mol. The van der Waals surface area contributed by atoms with Gasteiger partial charge in [-0.1, -0.05) is 0 Å². The highest BCUT2D eigenvalue weighted by atomic mass is 16.5. The first kappa shape index (κ1) is 7.79. The van der Waals surface area contributed by atoms with Gasteiger partial charge in [0.15, 0.2) is 0 Å². The quantitative estimate of drug-likeness (QED) is 0.680. The third kappa shape index (κ3) is 0.880. The summed E-state index contributed by atoms with van der Waals surface area (Å²) in [5.41, 5.74) is 3.38. The Kier molecular flexibility index (Phi) is 1.50. The molecule has 0 aromatic carbocycles. The summed E-state index contributed by atoms with van der Waals surface area (Å²) in [6.45, 7) is 1.06. The molecule has 72 valence electrons. The number of fused-ring (bicyclic) bond motifs is 3. The van der Waals surface area contributed by atoms with Gasteiger partial charge in [0.2, 0.25) is 5.88 Å². The lowest BCUT2D eigenvalue weighted by Crippen LogP contribution is -1.96. The van der Waals surface area contributed by atoms with Crippen molar-refractivity contribution in [3.05, 3.63) is 18.1 Å². The van der Waals surface area contributed by atoms with E-state index in [0.29, 0.717) is 5.88 Å². The van der Waals surface area contributed by atoms with Gasteiger partial charge in [0.05, 0.1) is 12.6 Å². The van der Waals surface area contributed by atoms with Gasteiger partial charge in [0.25, 0.3) is 0 Å². The normalized spacial score (nSPS) is 14.6. The van der Waals surface area contributed by atoms with E-state index in [0.717, 1.165) is 24.0 Å². The van der Waals surface area contributed by atoms with Gasteiger partial charge >= 0.3 is 0 Å². The minimum atomic E-state index is 0.683. The van der Waals surface area contributed by atoms with E-state index in [1.165, 1.54) is 12.1 Å². The Labute approximate surface area is 81.5 Å². The minimum Gasteiger partial charge on any atom is -0.479 e. The van der Waals surface area contributed by atoms with E-state index < -0.39 is 0 Å². The van der Waals surface area contributed by atoms with Crippen LogP contribution in [0.4, 0.5) is 0 Å². The molecular weight excluding hydrogens is 178 g/mol. The Bertz CT molecular complexity index is 489. The van der Waals surface area contributed by atoms with Crippen LogP contribution in [-0.2, 0) is 13.0 Å². The molecule has 4 heteroatoms. The third-order valence-electron chi connectivity index (χ3n) is 2.74. The molecule has 14 heavy (non-hydrogen) atoms. The second-order valence-electron chi connectivity index (χ2n) is 3.51. The summed E-state index contributed by atoms with van der Waals surface area (Å²) >= 11 is 0. The summed E-state index contributed by atoms with van der Waals surface area (Å²) in [6, 6.07) is 2.13. The molecule has 0 N–H and O–H groups in total. The molecule has 2 aromatic rings. The Morgan fingerprint density at radius 1 is 1.43 bits per heavy atom. The van der Waals surface area contributed by atoms with Gasteiger partial charge in [-0.3, -0.25) is 0 Å². The molecule has 0 bridgehead atoms. The fourth-order valence-corrected chi connectivity index (χ4v) is 2.14. The van der Waals surface area contributed by atoms with Crippen molar-refractivity contribution < 1.29 is 4.74 Å². The van der Waals surface area contributed by atoms with E-state index in [1.807, 2.05) is 0 Å². The van der Waals surface area contributed by atoms with Crippen LogP contribution in [0.2, 0.25) is 0 Å². The first-order valence-electron chi connectivity index (χ1n) is 4.77. The molecule has 0 fully saturated rings. The lowest BCUT2D eigenvalue weighted by Gasteiger charge is -2.03. The van der Waals surface area contributed by atoms with Crippen LogP contribution in [0.1, 0.15) is 12.1 Å². The zero-order valence-corrected chi connectivity index (χ0v) is 8.03. The number of hydrogen-bond donors (Lipinski definition) is 0. The Morgan fingerprint density at radius 3 is 3.21 bits per heavy atom. The van der Waals surface area contributed by atoms with E-state index in [4.69, 9.17) is 4.74 Å². The zero-order chi connectivity index (χ0) is 9.54. The highest BCUT2D eigenvalue weighted by Crippen LogP contribution is 2.29. The molecular formula is C10H11N3O. The highest BCUT2D eigenvalue weighted by Gasteiger charge is 2.18. The average Bonchev–Trinajstić information content (AvgIpc) is 2.75. The summed E-state index contributed by atoms with van der Waals surface area (Å²) in [7, 11) is 1.65. The van der Waals surface area contributed by atoms with Crippen LogP contribution in [0.15, 0.2) is 12.4 Å². The largest absolute Gasteiger partial charge is 0.479 e. The molecule has 0 radical (unpaired) electrons. The summed E-state index contributed by atoms with van der Waals surface area (Å²) in [4.78, 5) is 8.36. The van der Waals surface area contributed by atoms with Crippen molar-refractivity contribution in [3.8, 4) is 5.88 Å². The number of methoxy groups -OCH3 is 1. The van der Waals surface area contributed by atoms with Crippen LogP contribution in [0.25, 0.3) is 11.0 Å². The van der Waals surface area contributed by atoms with Crippen molar-refractivity contribution in [2.75, 3.05) is 7.11 Å². The van der Waals surface area contributed by atoms with Gasteiger partial charge in [-0.25, -0.2) is 4.98 Å². The van der Waals surface area contributed by atoms with Crippen molar-refractivity contribution >= 4 is 11.0 Å². The van der Waals surface area contributed by atoms with E-state index in [1.54, 1.807) is 13.4 Å². The van der Waals surface area contributed by atoms with Crippen molar-refractivity contribution in [1.82, 2.24) is 14.5 Å². The van der Waals surface area contributed by atoms with Crippen LogP contribution in [0.3, 0.4) is 0 Å². The molecule has 0 atom stereocenters. The zero-order valence-electron chi connectivity index (χ0n) is 8.03. The minimum absolute atomic E-state index is 0.683. The van der Waals surface area contributed by atoms with E-state index in [2.05, 4.69) is 20.6 Å². The first-order valence-corrected chi connectivity index (χ1v) is 4.77. The standard InChI is InChI=1S/C10H11N3O/c1-14-10-9-8(11-6-12-10)5-7-3-2-4-13(7)9/h5-6H,2-4H2,1H3. The molecule has 0 unspecified atom stereocenters. The third-order valence-corrected chi connectivity index (χ3v) is 2.74. The fraction of sp³-hybridized carbons (Fsp3) is 0.400. The maximum absolute atomic E-state index is 5.24. The molecule has 0 amide bonds. The molecule has 3 heterocycles. The second kappa shape index (κ2) is 2.70. The number of nitrogens with zero attached hydrogens (tertiary/aromatic N) is 3. The molecule has 0 spiro atoms. The van der Waals surface area contributed by atoms with Crippen molar-refractivity contribution in [1.29, 1.82) is 0 Å². The van der Waals surface area contributed by atoms with Gasteiger partial charge in [-0.2, -0.15) is 4.98 Å². The number of rotatable bonds is 1. The monoisotopic (exact) mass is 189 g/mol. The van der Waals surface area contributed by atoms with Gasteiger partial charge < -0.3 is 9.30 Å². The number of aryl methyl sites for hydroxylation is 2. The van der Waals surface area contributed by atoms with Gasteiger partial charge in [-0.05, 0) is 18.9 Å². The summed E-state index contributed by atoms with van der Waals surface area (Å²) in [5, 5.41) is 0. The predicted octanol–water partition coefficient (Wildman–Crippen LogP) is 1.39. The first-order chi connectivity index (χ1) is 6.90. The van der Waals surface area contributed by atoms with Gasteiger partial charge in [-0.15, -0.1) is 0 Å². The molecule has 4 nitrogen and oxygen atoms in total. The lowest BCUT2D eigenvalue weighted by molar-refractivity contribution is 0.400. The molecule has 0 aliphatic carbocycles. The fourth-order valence-electron chi connectivity index (χ4n) is 2.14. The van der Waals surface area contributed by atoms with E-state index in [9.17, 15) is 0 Å². The number of ether oxygens (including phenoxy) is 1. The summed E-state index contributed by atoms with van der Waals surface area (Å²) < 4.78 is 7.50. The Morgan fingerprint density at radius 2 is 2.36 bits per heavy atom. The van der Waals surface area contributed by atoms with Crippen LogP contribution < -0.4 is 4.74 Å². The van der Waals surface area contributed by atoms with Gasteiger partial charge in [0.1, 0.15) is 11.8 Å². The number of hydrogen-bond acceptors (Lipinski definition) is 3. The lowest BCUT2D eigenvalue weighted by atomic mass is 10.3. The van der Waals surface area contributed by atoms with Crippen LogP contribution in [0, 0.1) is 0 Å². The van der Waals surface area contributed by atoms with Crippen LogP contribution >= 0.6 is 0 Å². The topological polar surface area (TPSA) is 39.9 Å². The molecule has 3 rings (SSSR count). The van der Waals surface area contributed by atoms with Crippen LogP contribution in [0.5, 0.6) is 5.88 Å². The maximum Gasteiger partial charge on any atom is 0.241 e. The van der Waals surface area contributed by atoms with Gasteiger partial charge in [0, 0.05) is 12.2 Å². The Balaban J connectivity index is 2.39. The summed E-state index contributed by atoms with van der Waals surface area (Å²) in [6.07, 6.45) is 3.90. The van der Waals surface area contributed by atoms with E-state index >= 15 is 0 Å². The average molecular weight is 189 g/mol. The molecule has 0 saturated carbocycles. The van der Waals surface area contributed by atoms with Crippen molar-refractivity contribution in [2.24, 2.45) is 0 Å². The molecule has 0 saturated heterocycles. The highest BCUT2D eigenvalue weighted by molar-refractivity contribution is 5.81. The van der Waals surface area contributed by atoms with Crippen molar-refractivity contribution in [3.63, 3.8) is 0 Å². The van der Waals surface area contributed by atoms with E-state index in [-0.39, 0.29) is 0 Å². The van der Waals surface area contributed by atoms with Crippen molar-refractivity contribution in [2.45, 2.75) is 19.4 Å². The SMILES string of the molecule is COc1ncnc2cc3n(c12)CCC3. The smallest absolute Gasteiger partial charge is 0.241 e. The molecule has 1 aliphatic rings. The van der Waals surface area contributed by atoms with Crippen LogP contribution in [-0.4, -0.2) is 21.6 Å². The summed E-state index contributed by atoms with van der Waals surface area (Å²) in [5.74, 6) is 0.683. The molecule has 2 aromatic heterocycles. The number of aromatic nitrogens is 3. The Hall–Kier alpha value is -1.58.